The maximum atomic E-state index is 11.7. The van der Waals surface area contributed by atoms with E-state index in [1.54, 1.807) is 6.92 Å². The summed E-state index contributed by atoms with van der Waals surface area (Å²) in [6.45, 7) is 3.48. The number of hydrogen-bond donors (Lipinski definition) is 0. The van der Waals surface area contributed by atoms with Gasteiger partial charge in [-0.15, -0.1) is 11.6 Å². The minimum absolute atomic E-state index is 0.139. The number of ether oxygens (including phenoxy) is 1. The number of morpholine rings is 1. The van der Waals surface area contributed by atoms with Gasteiger partial charge in [0.05, 0.1) is 18.5 Å². The molecular weight excluding hydrogens is 214 g/mol. The fourth-order valence-electron chi connectivity index (χ4n) is 1.14. The highest BCUT2D eigenvalue weighted by molar-refractivity contribution is 7.89. The van der Waals surface area contributed by atoms with Crippen LogP contribution in [0.5, 0.6) is 0 Å². The van der Waals surface area contributed by atoms with Gasteiger partial charge in [-0.1, -0.05) is 0 Å². The molecule has 0 aliphatic carbocycles. The van der Waals surface area contributed by atoms with Crippen molar-refractivity contribution in [3.63, 3.8) is 0 Å². The number of rotatable bonds is 3. The average Bonchev–Trinajstić information content (AvgIpc) is 2.18. The highest BCUT2D eigenvalue weighted by Gasteiger charge is 2.29. The number of sulfonamides is 1. The van der Waals surface area contributed by atoms with Crippen LogP contribution in [0.15, 0.2) is 0 Å². The topological polar surface area (TPSA) is 46.6 Å². The second-order valence-electron chi connectivity index (χ2n) is 3.02. The zero-order chi connectivity index (χ0) is 9.90. The predicted octanol–water partition coefficient (Wildman–Crippen LogP) is 0.276. The summed E-state index contributed by atoms with van der Waals surface area (Å²) in [5.74, 6) is 0.139. The Morgan fingerprint density at radius 1 is 1.46 bits per heavy atom. The van der Waals surface area contributed by atoms with Crippen molar-refractivity contribution in [2.24, 2.45) is 0 Å². The SMILES string of the molecule is CC(CCl)S(=O)(=O)N1CCOCC1. The maximum Gasteiger partial charge on any atom is 0.218 e. The zero-order valence-corrected chi connectivity index (χ0v) is 9.14. The van der Waals surface area contributed by atoms with Crippen LogP contribution in [0.4, 0.5) is 0 Å². The van der Waals surface area contributed by atoms with E-state index in [1.165, 1.54) is 4.31 Å². The summed E-state index contributed by atoms with van der Waals surface area (Å²) in [7, 11) is -3.19. The lowest BCUT2D eigenvalue weighted by atomic mass is 10.5. The van der Waals surface area contributed by atoms with Gasteiger partial charge >= 0.3 is 0 Å². The van der Waals surface area contributed by atoms with Crippen LogP contribution in [0.25, 0.3) is 0 Å². The van der Waals surface area contributed by atoms with Gasteiger partial charge < -0.3 is 4.74 Å². The molecule has 0 aromatic heterocycles. The van der Waals surface area contributed by atoms with E-state index in [-0.39, 0.29) is 5.88 Å². The first-order valence-electron chi connectivity index (χ1n) is 4.21. The third kappa shape index (κ3) is 2.56. The minimum atomic E-state index is -3.19. The van der Waals surface area contributed by atoms with Gasteiger partial charge in [0.15, 0.2) is 0 Å². The molecule has 1 atom stereocenters. The van der Waals surface area contributed by atoms with Gasteiger partial charge in [0, 0.05) is 19.0 Å². The highest BCUT2D eigenvalue weighted by atomic mass is 35.5. The molecule has 1 unspecified atom stereocenters. The van der Waals surface area contributed by atoms with Crippen molar-refractivity contribution in [1.29, 1.82) is 0 Å². The Hall–Kier alpha value is 0.160. The van der Waals surface area contributed by atoms with Crippen LogP contribution in [-0.4, -0.2) is 50.2 Å². The van der Waals surface area contributed by atoms with E-state index >= 15 is 0 Å². The van der Waals surface area contributed by atoms with Crippen LogP contribution in [0.1, 0.15) is 6.92 Å². The van der Waals surface area contributed by atoms with Crippen LogP contribution in [-0.2, 0) is 14.8 Å². The smallest absolute Gasteiger partial charge is 0.218 e. The molecule has 6 heteroatoms. The Balaban J connectivity index is 2.67. The second kappa shape index (κ2) is 4.59. The van der Waals surface area contributed by atoms with E-state index < -0.39 is 15.3 Å². The Kier molecular flexibility index (Phi) is 3.97. The van der Waals surface area contributed by atoms with Crippen molar-refractivity contribution in [3.05, 3.63) is 0 Å². The summed E-state index contributed by atoms with van der Waals surface area (Å²) in [4.78, 5) is 0. The van der Waals surface area contributed by atoms with E-state index in [2.05, 4.69) is 0 Å². The monoisotopic (exact) mass is 227 g/mol. The molecule has 13 heavy (non-hydrogen) atoms. The van der Waals surface area contributed by atoms with Crippen LogP contribution in [0, 0.1) is 0 Å². The summed E-state index contributed by atoms with van der Waals surface area (Å²) in [6.07, 6.45) is 0. The van der Waals surface area contributed by atoms with Crippen molar-refractivity contribution in [2.75, 3.05) is 32.2 Å². The second-order valence-corrected chi connectivity index (χ2v) is 5.68. The van der Waals surface area contributed by atoms with Crippen LogP contribution in [0.3, 0.4) is 0 Å². The Bertz CT molecular complexity index is 248. The third-order valence-electron chi connectivity index (χ3n) is 2.06. The average molecular weight is 228 g/mol. The first kappa shape index (κ1) is 11.2. The zero-order valence-electron chi connectivity index (χ0n) is 7.57. The molecule has 0 aromatic carbocycles. The fourth-order valence-corrected chi connectivity index (χ4v) is 2.94. The quantitative estimate of drug-likeness (QED) is 0.651. The van der Waals surface area contributed by atoms with Crippen LogP contribution >= 0.6 is 11.6 Å². The van der Waals surface area contributed by atoms with Gasteiger partial charge in [-0.3, -0.25) is 0 Å². The van der Waals surface area contributed by atoms with Crippen molar-refractivity contribution in [2.45, 2.75) is 12.2 Å². The maximum absolute atomic E-state index is 11.7. The van der Waals surface area contributed by atoms with E-state index in [9.17, 15) is 8.42 Å². The molecule has 0 bridgehead atoms. The number of nitrogens with zero attached hydrogens (tertiary/aromatic N) is 1. The summed E-state index contributed by atoms with van der Waals surface area (Å²) in [5, 5.41) is -0.507. The molecule has 0 spiro atoms. The van der Waals surface area contributed by atoms with E-state index in [4.69, 9.17) is 16.3 Å². The summed E-state index contributed by atoms with van der Waals surface area (Å²) in [6, 6.07) is 0. The lowest BCUT2D eigenvalue weighted by Gasteiger charge is -2.28. The van der Waals surface area contributed by atoms with E-state index in [0.717, 1.165) is 0 Å². The third-order valence-corrected chi connectivity index (χ3v) is 4.97. The van der Waals surface area contributed by atoms with Crippen LogP contribution < -0.4 is 0 Å². The number of alkyl halides is 1. The number of halogens is 1. The molecule has 0 radical (unpaired) electrons. The fraction of sp³-hybridized carbons (Fsp3) is 1.00. The Labute approximate surface area is 83.9 Å². The normalized spacial score (nSPS) is 22.9. The van der Waals surface area contributed by atoms with Gasteiger partial charge in [-0.05, 0) is 6.92 Å². The van der Waals surface area contributed by atoms with Gasteiger partial charge in [0.2, 0.25) is 10.0 Å². The molecule has 78 valence electrons. The van der Waals surface area contributed by atoms with Crippen molar-refractivity contribution < 1.29 is 13.2 Å². The molecule has 0 saturated carbocycles. The van der Waals surface area contributed by atoms with Gasteiger partial charge in [0.25, 0.3) is 0 Å². The molecule has 1 heterocycles. The van der Waals surface area contributed by atoms with Crippen molar-refractivity contribution >= 4 is 21.6 Å². The number of hydrogen-bond acceptors (Lipinski definition) is 3. The van der Waals surface area contributed by atoms with Crippen molar-refractivity contribution in [1.82, 2.24) is 4.31 Å². The summed E-state index contributed by atoms with van der Waals surface area (Å²) in [5.41, 5.74) is 0. The predicted molar refractivity (Wildman–Crippen MR) is 51.5 cm³/mol. The Morgan fingerprint density at radius 3 is 2.46 bits per heavy atom. The van der Waals surface area contributed by atoms with Gasteiger partial charge in [-0.25, -0.2) is 8.42 Å². The summed E-state index contributed by atoms with van der Waals surface area (Å²) < 4.78 is 29.9. The van der Waals surface area contributed by atoms with Crippen LogP contribution in [0.2, 0.25) is 0 Å². The molecule has 1 rings (SSSR count). The lowest BCUT2D eigenvalue weighted by Crippen LogP contribution is -2.44. The van der Waals surface area contributed by atoms with E-state index in [1.807, 2.05) is 0 Å². The Morgan fingerprint density at radius 2 is 2.00 bits per heavy atom. The van der Waals surface area contributed by atoms with Gasteiger partial charge in [-0.2, -0.15) is 4.31 Å². The van der Waals surface area contributed by atoms with Crippen molar-refractivity contribution in [3.8, 4) is 0 Å². The molecular formula is C7H14ClNO3S. The van der Waals surface area contributed by atoms with E-state index in [0.29, 0.717) is 26.3 Å². The first-order valence-corrected chi connectivity index (χ1v) is 6.25. The molecule has 0 amide bonds. The summed E-state index contributed by atoms with van der Waals surface area (Å²) >= 11 is 5.52. The molecule has 1 saturated heterocycles. The molecule has 0 aromatic rings. The molecule has 1 fully saturated rings. The van der Waals surface area contributed by atoms with Gasteiger partial charge in [0.1, 0.15) is 0 Å². The lowest BCUT2D eigenvalue weighted by molar-refractivity contribution is 0.0727. The molecule has 4 nitrogen and oxygen atoms in total. The minimum Gasteiger partial charge on any atom is -0.379 e. The molecule has 1 aliphatic heterocycles. The molecule has 1 aliphatic rings. The standard InChI is InChI=1S/C7H14ClNO3S/c1-7(6-8)13(10,11)9-2-4-12-5-3-9/h7H,2-6H2,1H3. The molecule has 0 N–H and O–H groups in total. The highest BCUT2D eigenvalue weighted by Crippen LogP contribution is 2.12. The largest absolute Gasteiger partial charge is 0.379 e. The first-order chi connectivity index (χ1) is 6.09.